The molecule has 1 aromatic heterocycles. The molecule has 0 amide bonds. The van der Waals surface area contributed by atoms with Gasteiger partial charge in [0, 0.05) is 5.69 Å². The summed E-state index contributed by atoms with van der Waals surface area (Å²) in [5.41, 5.74) is 12.2. The Kier molecular flexibility index (Phi) is 3.24. The Bertz CT molecular complexity index is 589. The van der Waals surface area contributed by atoms with Gasteiger partial charge < -0.3 is 11.1 Å². The fourth-order valence-electron chi connectivity index (χ4n) is 1.87. The minimum atomic E-state index is 0.720. The van der Waals surface area contributed by atoms with Gasteiger partial charge in [0.1, 0.15) is 5.82 Å². The van der Waals surface area contributed by atoms with Gasteiger partial charge in [0.25, 0.3) is 0 Å². The first-order valence-electron chi connectivity index (χ1n) is 6.05. The fraction of sp³-hybridized carbons (Fsp3) is 0.267. The highest BCUT2D eigenvalue weighted by Crippen LogP contribution is 2.24. The van der Waals surface area contributed by atoms with Crippen LogP contribution in [-0.4, -0.2) is 4.98 Å². The van der Waals surface area contributed by atoms with E-state index in [1.165, 1.54) is 16.7 Å². The third kappa shape index (κ3) is 2.45. The van der Waals surface area contributed by atoms with Gasteiger partial charge in [-0.05, 0) is 62.6 Å². The lowest BCUT2D eigenvalue weighted by atomic mass is 10.0. The Morgan fingerprint density at radius 2 is 1.61 bits per heavy atom. The fourth-order valence-corrected chi connectivity index (χ4v) is 1.87. The van der Waals surface area contributed by atoms with Gasteiger partial charge in [0.05, 0.1) is 11.4 Å². The number of nitrogens with two attached hydrogens (primary N) is 1. The van der Waals surface area contributed by atoms with Crippen LogP contribution in [0.1, 0.15) is 22.4 Å². The summed E-state index contributed by atoms with van der Waals surface area (Å²) in [6, 6.07) is 8.11. The summed E-state index contributed by atoms with van der Waals surface area (Å²) in [5, 5.41) is 3.34. The number of nitrogen functional groups attached to an aromatic ring is 1. The van der Waals surface area contributed by atoms with Crippen molar-refractivity contribution in [1.29, 1.82) is 0 Å². The van der Waals surface area contributed by atoms with Gasteiger partial charge in [0.15, 0.2) is 0 Å². The van der Waals surface area contributed by atoms with E-state index in [4.69, 9.17) is 5.73 Å². The van der Waals surface area contributed by atoms with E-state index in [1.54, 1.807) is 0 Å². The predicted molar refractivity (Wildman–Crippen MR) is 77.3 cm³/mol. The van der Waals surface area contributed by atoms with Crippen molar-refractivity contribution < 1.29 is 0 Å². The zero-order valence-corrected chi connectivity index (χ0v) is 11.3. The van der Waals surface area contributed by atoms with Crippen molar-refractivity contribution in [2.45, 2.75) is 27.7 Å². The van der Waals surface area contributed by atoms with Crippen LogP contribution in [0.2, 0.25) is 0 Å². The highest BCUT2D eigenvalue weighted by molar-refractivity contribution is 5.63. The molecule has 0 saturated carbocycles. The molecule has 2 aromatic rings. The molecule has 0 radical (unpaired) electrons. The number of aromatic nitrogens is 1. The second-order valence-corrected chi connectivity index (χ2v) is 4.75. The molecule has 0 spiro atoms. The first-order chi connectivity index (χ1) is 8.47. The van der Waals surface area contributed by atoms with E-state index in [1.807, 2.05) is 19.1 Å². The van der Waals surface area contributed by atoms with Gasteiger partial charge in [0.2, 0.25) is 0 Å². The lowest BCUT2D eigenvalue weighted by molar-refractivity contribution is 1.20. The summed E-state index contributed by atoms with van der Waals surface area (Å²) in [6.45, 7) is 8.24. The van der Waals surface area contributed by atoms with E-state index in [-0.39, 0.29) is 0 Å². The monoisotopic (exact) mass is 241 g/mol. The maximum Gasteiger partial charge on any atom is 0.130 e. The largest absolute Gasteiger partial charge is 0.397 e. The molecular weight excluding hydrogens is 222 g/mol. The van der Waals surface area contributed by atoms with E-state index in [2.05, 4.69) is 43.2 Å². The molecule has 3 heteroatoms. The van der Waals surface area contributed by atoms with Gasteiger partial charge in [-0.3, -0.25) is 0 Å². The van der Waals surface area contributed by atoms with E-state index in [9.17, 15) is 0 Å². The number of hydrogen-bond acceptors (Lipinski definition) is 3. The molecule has 0 bridgehead atoms. The topological polar surface area (TPSA) is 50.9 Å². The highest BCUT2D eigenvalue weighted by atomic mass is 15.0. The Morgan fingerprint density at radius 1 is 0.944 bits per heavy atom. The number of nitrogens with one attached hydrogen (secondary N) is 1. The van der Waals surface area contributed by atoms with Crippen LogP contribution in [0.3, 0.4) is 0 Å². The first-order valence-corrected chi connectivity index (χ1v) is 6.05. The summed E-state index contributed by atoms with van der Waals surface area (Å²) in [6.07, 6.45) is 0. The first kappa shape index (κ1) is 12.4. The Morgan fingerprint density at radius 3 is 2.28 bits per heavy atom. The molecular formula is C15H19N3. The van der Waals surface area contributed by atoms with Crippen LogP contribution in [0.4, 0.5) is 17.2 Å². The number of nitrogens with zero attached hydrogens (tertiary/aromatic N) is 1. The Hall–Kier alpha value is -2.03. The third-order valence-electron chi connectivity index (χ3n) is 3.23. The van der Waals surface area contributed by atoms with Crippen molar-refractivity contribution in [3.8, 4) is 0 Å². The molecule has 1 heterocycles. The molecule has 1 aromatic carbocycles. The minimum absolute atomic E-state index is 0.720. The summed E-state index contributed by atoms with van der Waals surface area (Å²) >= 11 is 0. The number of aryl methyl sites for hydroxylation is 4. The third-order valence-corrected chi connectivity index (χ3v) is 3.23. The average Bonchev–Trinajstić information content (AvgIpc) is 2.31. The van der Waals surface area contributed by atoms with Crippen LogP contribution in [0.5, 0.6) is 0 Å². The summed E-state index contributed by atoms with van der Waals surface area (Å²) in [5.74, 6) is 0.827. The highest BCUT2D eigenvalue weighted by Gasteiger charge is 2.04. The number of anilines is 3. The molecule has 0 saturated heterocycles. The van der Waals surface area contributed by atoms with Crippen molar-refractivity contribution in [3.63, 3.8) is 0 Å². The molecule has 0 aliphatic heterocycles. The number of pyridine rings is 1. The van der Waals surface area contributed by atoms with Crippen molar-refractivity contribution in [2.24, 2.45) is 0 Å². The Balaban J connectivity index is 2.34. The standard InChI is InChI=1S/C15H19N3/c1-9-7-11(3)14(8-10(9)2)18-15-6-5-13(16)12(4)17-15/h5-8H,16H2,1-4H3,(H,17,18). The lowest BCUT2D eigenvalue weighted by Gasteiger charge is -2.12. The molecule has 18 heavy (non-hydrogen) atoms. The van der Waals surface area contributed by atoms with Crippen molar-refractivity contribution in [1.82, 2.24) is 4.98 Å². The van der Waals surface area contributed by atoms with Gasteiger partial charge in [-0.1, -0.05) is 6.07 Å². The molecule has 0 aliphatic rings. The number of hydrogen-bond donors (Lipinski definition) is 2. The second-order valence-electron chi connectivity index (χ2n) is 4.75. The van der Waals surface area contributed by atoms with Crippen LogP contribution < -0.4 is 11.1 Å². The van der Waals surface area contributed by atoms with Crippen LogP contribution >= 0.6 is 0 Å². The van der Waals surface area contributed by atoms with Gasteiger partial charge in [-0.25, -0.2) is 4.98 Å². The van der Waals surface area contributed by atoms with Crippen LogP contribution in [-0.2, 0) is 0 Å². The second kappa shape index (κ2) is 4.69. The van der Waals surface area contributed by atoms with Crippen molar-refractivity contribution in [2.75, 3.05) is 11.1 Å². The maximum atomic E-state index is 5.77. The summed E-state index contributed by atoms with van der Waals surface area (Å²) in [7, 11) is 0. The normalized spacial score (nSPS) is 10.4. The minimum Gasteiger partial charge on any atom is -0.397 e. The van der Waals surface area contributed by atoms with Crippen LogP contribution in [0.15, 0.2) is 24.3 Å². The maximum absolute atomic E-state index is 5.77. The van der Waals surface area contributed by atoms with Crippen molar-refractivity contribution >= 4 is 17.2 Å². The van der Waals surface area contributed by atoms with E-state index in [0.717, 1.165) is 22.9 Å². The van der Waals surface area contributed by atoms with E-state index < -0.39 is 0 Å². The molecule has 0 fully saturated rings. The molecule has 94 valence electrons. The molecule has 0 atom stereocenters. The zero-order valence-electron chi connectivity index (χ0n) is 11.3. The molecule has 3 N–H and O–H groups in total. The van der Waals surface area contributed by atoms with E-state index >= 15 is 0 Å². The number of rotatable bonds is 2. The summed E-state index contributed by atoms with van der Waals surface area (Å²) < 4.78 is 0. The average molecular weight is 241 g/mol. The van der Waals surface area contributed by atoms with Crippen LogP contribution in [0.25, 0.3) is 0 Å². The van der Waals surface area contributed by atoms with Gasteiger partial charge in [-0.2, -0.15) is 0 Å². The molecule has 0 unspecified atom stereocenters. The summed E-state index contributed by atoms with van der Waals surface area (Å²) in [4.78, 5) is 4.43. The zero-order chi connectivity index (χ0) is 13.3. The SMILES string of the molecule is Cc1cc(C)c(Nc2ccc(N)c(C)n2)cc1C. The lowest BCUT2D eigenvalue weighted by Crippen LogP contribution is -2.00. The van der Waals surface area contributed by atoms with Crippen LogP contribution in [0, 0.1) is 27.7 Å². The van der Waals surface area contributed by atoms with Gasteiger partial charge >= 0.3 is 0 Å². The molecule has 2 rings (SSSR count). The molecule has 3 nitrogen and oxygen atoms in total. The van der Waals surface area contributed by atoms with E-state index in [0.29, 0.717) is 0 Å². The smallest absolute Gasteiger partial charge is 0.130 e. The predicted octanol–water partition coefficient (Wildman–Crippen LogP) is 3.64. The Labute approximate surface area is 108 Å². The van der Waals surface area contributed by atoms with Gasteiger partial charge in [-0.15, -0.1) is 0 Å². The number of benzene rings is 1. The van der Waals surface area contributed by atoms with Crippen molar-refractivity contribution in [3.05, 3.63) is 46.6 Å². The quantitative estimate of drug-likeness (QED) is 0.844. The molecule has 0 aliphatic carbocycles.